The highest BCUT2D eigenvalue weighted by atomic mass is 35.5. The van der Waals surface area contributed by atoms with Gasteiger partial charge in [-0.25, -0.2) is 28.4 Å². The van der Waals surface area contributed by atoms with Gasteiger partial charge >= 0.3 is 0 Å². The molecular weight excluding hydrogens is 486 g/mol. The fourth-order valence-corrected chi connectivity index (χ4v) is 3.92. The van der Waals surface area contributed by atoms with E-state index in [0.717, 1.165) is 6.26 Å². The molecule has 0 aliphatic heterocycles. The molecule has 0 aromatic carbocycles. The zero-order chi connectivity index (χ0) is 24.5. The van der Waals surface area contributed by atoms with Crippen molar-refractivity contribution in [3.05, 3.63) is 35.7 Å². The Balaban J connectivity index is 2.10. The smallest absolute Gasteiger partial charge is 0.231 e. The maximum absolute atomic E-state index is 11.8. The van der Waals surface area contributed by atoms with E-state index in [2.05, 4.69) is 29.6 Å². The van der Waals surface area contributed by atoms with Gasteiger partial charge in [0.2, 0.25) is 15.9 Å². The van der Waals surface area contributed by atoms with Crippen molar-refractivity contribution in [3.63, 3.8) is 0 Å². The van der Waals surface area contributed by atoms with E-state index in [0.29, 0.717) is 41.2 Å². The molecule has 0 atom stereocenters. The third-order valence-corrected chi connectivity index (χ3v) is 5.32. The van der Waals surface area contributed by atoms with Crippen LogP contribution in [0.4, 0.5) is 5.82 Å². The van der Waals surface area contributed by atoms with Crippen LogP contribution in [0.25, 0.3) is 28.5 Å². The van der Waals surface area contributed by atoms with Crippen LogP contribution in [-0.4, -0.2) is 65.0 Å². The zero-order valence-corrected chi connectivity index (χ0v) is 20.2. The van der Waals surface area contributed by atoms with Gasteiger partial charge in [0.1, 0.15) is 11.4 Å². The van der Waals surface area contributed by atoms with Crippen molar-refractivity contribution in [3.8, 4) is 34.6 Å². The van der Waals surface area contributed by atoms with Crippen molar-refractivity contribution >= 4 is 38.7 Å². The Hall–Kier alpha value is -3.71. The molecule has 0 aliphatic rings. The molecule has 14 heteroatoms. The van der Waals surface area contributed by atoms with E-state index in [9.17, 15) is 8.42 Å². The molecule has 0 aliphatic carbocycles. The summed E-state index contributed by atoms with van der Waals surface area (Å²) in [6.07, 6.45) is 3.98. The lowest BCUT2D eigenvalue weighted by molar-refractivity contribution is 0.327. The van der Waals surface area contributed by atoms with Crippen molar-refractivity contribution < 1.29 is 22.6 Å². The SMILES string of the molecule is CCOc1cccc(-c2nc3nc(Cl)c(NS(C)(=O)=O)nc3n2-c2c(OC)cncc2OC)n1. The van der Waals surface area contributed by atoms with Crippen molar-refractivity contribution in [2.24, 2.45) is 0 Å². The Labute approximate surface area is 200 Å². The first kappa shape index (κ1) is 23.4. The number of nitrogens with zero attached hydrogens (tertiary/aromatic N) is 6. The van der Waals surface area contributed by atoms with Gasteiger partial charge in [-0.15, -0.1) is 0 Å². The summed E-state index contributed by atoms with van der Waals surface area (Å²) in [7, 11) is -0.727. The highest BCUT2D eigenvalue weighted by molar-refractivity contribution is 7.92. The van der Waals surface area contributed by atoms with Crippen LogP contribution in [0.1, 0.15) is 6.92 Å². The fraction of sp³-hybridized carbons (Fsp3) is 0.250. The number of sulfonamides is 1. The van der Waals surface area contributed by atoms with E-state index in [4.69, 9.17) is 25.8 Å². The van der Waals surface area contributed by atoms with Gasteiger partial charge in [-0.3, -0.25) is 14.3 Å². The number of ether oxygens (including phenoxy) is 3. The van der Waals surface area contributed by atoms with Crippen LogP contribution in [0.5, 0.6) is 17.4 Å². The van der Waals surface area contributed by atoms with Crippen LogP contribution in [0.15, 0.2) is 30.6 Å². The van der Waals surface area contributed by atoms with Gasteiger partial charge in [0.15, 0.2) is 39.6 Å². The minimum atomic E-state index is -3.68. The minimum Gasteiger partial charge on any atom is -0.493 e. The minimum absolute atomic E-state index is 0.142. The summed E-state index contributed by atoms with van der Waals surface area (Å²) in [5.74, 6) is 1.23. The molecule has 0 saturated heterocycles. The number of halogens is 1. The van der Waals surface area contributed by atoms with Crippen LogP contribution in [0.2, 0.25) is 5.15 Å². The molecule has 1 N–H and O–H groups in total. The number of pyridine rings is 2. The normalized spacial score (nSPS) is 11.4. The Morgan fingerprint density at radius 3 is 2.38 bits per heavy atom. The summed E-state index contributed by atoms with van der Waals surface area (Å²) in [6, 6.07) is 5.22. The van der Waals surface area contributed by atoms with Gasteiger partial charge in [-0.1, -0.05) is 17.7 Å². The summed E-state index contributed by atoms with van der Waals surface area (Å²) in [4.78, 5) is 21.9. The van der Waals surface area contributed by atoms with Crippen LogP contribution in [-0.2, 0) is 10.0 Å². The molecule has 0 radical (unpaired) electrons. The van der Waals surface area contributed by atoms with E-state index >= 15 is 0 Å². The van der Waals surface area contributed by atoms with Crippen molar-refractivity contribution in [2.45, 2.75) is 6.92 Å². The molecule has 4 aromatic heterocycles. The molecule has 4 heterocycles. The monoisotopic (exact) mass is 505 g/mol. The number of anilines is 1. The van der Waals surface area contributed by atoms with Crippen molar-refractivity contribution in [2.75, 3.05) is 31.8 Å². The quantitative estimate of drug-likeness (QED) is 0.379. The average Bonchev–Trinajstić information content (AvgIpc) is 3.15. The third-order valence-electron chi connectivity index (χ3n) is 4.49. The predicted molar refractivity (Wildman–Crippen MR) is 125 cm³/mol. The zero-order valence-electron chi connectivity index (χ0n) is 18.6. The molecule has 12 nitrogen and oxygen atoms in total. The number of fused-ring (bicyclic) bond motifs is 1. The van der Waals surface area contributed by atoms with Gasteiger partial charge in [0.25, 0.3) is 0 Å². The number of hydrogen-bond acceptors (Lipinski definition) is 10. The third kappa shape index (κ3) is 4.52. The summed E-state index contributed by atoms with van der Waals surface area (Å²) in [6.45, 7) is 2.28. The summed E-state index contributed by atoms with van der Waals surface area (Å²) < 4.78 is 44.1. The molecule has 34 heavy (non-hydrogen) atoms. The Bertz CT molecular complexity index is 1450. The molecule has 0 amide bonds. The molecule has 0 unspecified atom stereocenters. The summed E-state index contributed by atoms with van der Waals surface area (Å²) in [5.41, 5.74) is 1.16. The van der Waals surface area contributed by atoms with Gasteiger partial charge in [0.05, 0.1) is 39.5 Å². The van der Waals surface area contributed by atoms with Crippen LogP contribution in [0.3, 0.4) is 0 Å². The van der Waals surface area contributed by atoms with Gasteiger partial charge < -0.3 is 14.2 Å². The molecule has 4 aromatic rings. The van der Waals surface area contributed by atoms with E-state index in [-0.39, 0.29) is 22.3 Å². The predicted octanol–water partition coefficient (Wildman–Crippen LogP) is 2.71. The lowest BCUT2D eigenvalue weighted by Crippen LogP contribution is -2.12. The van der Waals surface area contributed by atoms with Crippen LogP contribution >= 0.6 is 11.6 Å². The molecule has 4 rings (SSSR count). The lowest BCUT2D eigenvalue weighted by atomic mass is 10.3. The lowest BCUT2D eigenvalue weighted by Gasteiger charge is -2.16. The Kier molecular flexibility index (Phi) is 6.39. The van der Waals surface area contributed by atoms with Crippen LogP contribution < -0.4 is 18.9 Å². The first-order valence-electron chi connectivity index (χ1n) is 9.86. The average molecular weight is 506 g/mol. The number of rotatable bonds is 8. The molecule has 0 bridgehead atoms. The first-order chi connectivity index (χ1) is 16.3. The fourth-order valence-electron chi connectivity index (χ4n) is 3.20. The number of methoxy groups -OCH3 is 2. The van der Waals surface area contributed by atoms with Crippen LogP contribution in [0, 0.1) is 0 Å². The summed E-state index contributed by atoms with van der Waals surface area (Å²) >= 11 is 6.20. The maximum Gasteiger partial charge on any atom is 0.231 e. The number of aromatic nitrogens is 6. The van der Waals surface area contributed by atoms with Gasteiger partial charge in [-0.05, 0) is 13.0 Å². The standard InChI is InChI=1S/C20H20ClN7O5S/c1-5-33-14-8-6-7-11(23-14)19-26-18-20(25-17(16(21)24-18)27-34(4,29)30)28(19)15-12(31-2)9-22-10-13(15)32-3/h6-10H,5H2,1-4H3,(H,25,27). The second-order valence-corrected chi connectivity index (χ2v) is 8.95. The maximum atomic E-state index is 11.8. The molecule has 0 spiro atoms. The first-order valence-corrected chi connectivity index (χ1v) is 12.1. The van der Waals surface area contributed by atoms with Crippen molar-refractivity contribution in [1.82, 2.24) is 29.5 Å². The van der Waals surface area contributed by atoms with E-state index in [1.807, 2.05) is 6.92 Å². The Morgan fingerprint density at radius 1 is 1.06 bits per heavy atom. The Morgan fingerprint density at radius 2 is 1.76 bits per heavy atom. The van der Waals surface area contributed by atoms with Gasteiger partial charge in [-0.2, -0.15) is 0 Å². The van der Waals surface area contributed by atoms with E-state index < -0.39 is 10.0 Å². The van der Waals surface area contributed by atoms with Crippen molar-refractivity contribution in [1.29, 1.82) is 0 Å². The number of hydrogen-bond donors (Lipinski definition) is 1. The second kappa shape index (κ2) is 9.27. The summed E-state index contributed by atoms with van der Waals surface area (Å²) in [5, 5.41) is -0.168. The number of nitrogens with one attached hydrogen (secondary N) is 1. The van der Waals surface area contributed by atoms with E-state index in [1.165, 1.54) is 26.6 Å². The molecular formula is C20H20ClN7O5S. The largest absolute Gasteiger partial charge is 0.493 e. The van der Waals surface area contributed by atoms with E-state index in [1.54, 1.807) is 22.8 Å². The highest BCUT2D eigenvalue weighted by Crippen LogP contribution is 2.38. The molecule has 178 valence electrons. The topological polar surface area (TPSA) is 143 Å². The highest BCUT2D eigenvalue weighted by Gasteiger charge is 2.25. The molecule has 0 saturated carbocycles. The second-order valence-electron chi connectivity index (χ2n) is 6.84. The number of imidazole rings is 1. The van der Waals surface area contributed by atoms with Gasteiger partial charge in [0, 0.05) is 6.07 Å². The molecule has 0 fully saturated rings.